The maximum atomic E-state index is 12.6. The monoisotopic (exact) mass is 350 g/mol. The lowest BCUT2D eigenvalue weighted by atomic mass is 9.97. The van der Waals surface area contributed by atoms with Crippen LogP contribution >= 0.6 is 0 Å². The van der Waals surface area contributed by atoms with Gasteiger partial charge in [-0.15, -0.1) is 0 Å². The smallest absolute Gasteiger partial charge is 0.246 e. The predicted molar refractivity (Wildman–Crippen MR) is 98.3 cm³/mol. The minimum atomic E-state index is 0.0638. The summed E-state index contributed by atoms with van der Waals surface area (Å²) in [5.41, 5.74) is 3.77. The summed E-state index contributed by atoms with van der Waals surface area (Å²) >= 11 is 0. The van der Waals surface area contributed by atoms with Crippen molar-refractivity contribution in [3.63, 3.8) is 0 Å². The first kappa shape index (κ1) is 16.7. The zero-order valence-corrected chi connectivity index (χ0v) is 14.6. The van der Waals surface area contributed by atoms with E-state index in [2.05, 4.69) is 16.3 Å². The molecule has 0 aliphatic carbocycles. The van der Waals surface area contributed by atoms with Crippen molar-refractivity contribution < 1.29 is 9.90 Å². The number of nitrogens with zero attached hydrogens (tertiary/aromatic N) is 4. The minimum Gasteiger partial charge on any atom is -0.392 e. The van der Waals surface area contributed by atoms with Crippen molar-refractivity contribution in [2.45, 2.75) is 26.0 Å². The fraction of sp³-hybridized carbons (Fsp3) is 0.350. The molecule has 134 valence electrons. The third-order valence-electron chi connectivity index (χ3n) is 4.94. The fourth-order valence-electron chi connectivity index (χ4n) is 3.61. The van der Waals surface area contributed by atoms with Crippen LogP contribution in [0.2, 0.25) is 0 Å². The van der Waals surface area contributed by atoms with Crippen molar-refractivity contribution in [2.24, 2.45) is 5.92 Å². The van der Waals surface area contributed by atoms with Crippen LogP contribution in [0.25, 0.3) is 11.0 Å². The Morgan fingerprint density at radius 1 is 1.08 bits per heavy atom. The molecule has 1 aliphatic rings. The van der Waals surface area contributed by atoms with Gasteiger partial charge in [0.2, 0.25) is 5.91 Å². The topological polar surface area (TPSA) is 71.2 Å². The van der Waals surface area contributed by atoms with E-state index in [4.69, 9.17) is 0 Å². The number of carbonyl (C=O) groups excluding carboxylic acids is 1. The Morgan fingerprint density at radius 3 is 2.54 bits per heavy atom. The normalized spacial score (nSPS) is 17.1. The average Bonchev–Trinajstić information content (AvgIpc) is 3.28. The van der Waals surface area contributed by atoms with E-state index < -0.39 is 0 Å². The van der Waals surface area contributed by atoms with E-state index in [9.17, 15) is 9.90 Å². The van der Waals surface area contributed by atoms with Crippen LogP contribution in [0, 0.1) is 5.92 Å². The van der Waals surface area contributed by atoms with E-state index in [0.29, 0.717) is 5.92 Å². The number of rotatable bonds is 5. The number of benzene rings is 2. The van der Waals surface area contributed by atoms with Gasteiger partial charge in [-0.25, -0.2) is 0 Å². The molecule has 1 aliphatic heterocycles. The summed E-state index contributed by atoms with van der Waals surface area (Å²) in [5, 5.41) is 18.0. The van der Waals surface area contributed by atoms with E-state index in [-0.39, 0.29) is 19.1 Å². The third kappa shape index (κ3) is 3.60. The highest BCUT2D eigenvalue weighted by atomic mass is 16.3. The van der Waals surface area contributed by atoms with Gasteiger partial charge in [-0.3, -0.25) is 4.79 Å². The number of amides is 1. The summed E-state index contributed by atoms with van der Waals surface area (Å²) in [6.45, 7) is 1.79. The minimum absolute atomic E-state index is 0.0638. The molecule has 1 fully saturated rings. The van der Waals surface area contributed by atoms with Crippen LogP contribution in [0.15, 0.2) is 48.5 Å². The first-order valence-corrected chi connectivity index (χ1v) is 8.97. The Labute approximate surface area is 152 Å². The second-order valence-electron chi connectivity index (χ2n) is 6.90. The molecule has 1 N–H and O–H groups in total. The Bertz CT molecular complexity index is 888. The Hall–Kier alpha value is -2.73. The lowest BCUT2D eigenvalue weighted by molar-refractivity contribution is -0.131. The van der Waals surface area contributed by atoms with Gasteiger partial charge >= 0.3 is 0 Å². The van der Waals surface area contributed by atoms with Gasteiger partial charge < -0.3 is 10.0 Å². The van der Waals surface area contributed by atoms with Crippen molar-refractivity contribution in [3.05, 3.63) is 59.7 Å². The van der Waals surface area contributed by atoms with Crippen LogP contribution in [-0.4, -0.2) is 44.0 Å². The molecule has 0 saturated carbocycles. The van der Waals surface area contributed by atoms with Crippen molar-refractivity contribution in [3.8, 4) is 0 Å². The van der Waals surface area contributed by atoms with E-state index in [0.717, 1.165) is 42.5 Å². The number of hydrogen-bond acceptors (Lipinski definition) is 4. The van der Waals surface area contributed by atoms with Gasteiger partial charge in [-0.1, -0.05) is 36.4 Å². The molecule has 0 radical (unpaired) electrons. The van der Waals surface area contributed by atoms with Crippen LogP contribution in [0.5, 0.6) is 0 Å². The first-order chi connectivity index (χ1) is 12.7. The van der Waals surface area contributed by atoms with E-state index in [1.54, 1.807) is 0 Å². The quantitative estimate of drug-likeness (QED) is 0.764. The van der Waals surface area contributed by atoms with E-state index >= 15 is 0 Å². The number of aromatic nitrogens is 3. The summed E-state index contributed by atoms with van der Waals surface area (Å²) in [7, 11) is 0. The maximum Gasteiger partial charge on any atom is 0.246 e. The number of carbonyl (C=O) groups is 1. The molecule has 0 spiro atoms. The highest BCUT2D eigenvalue weighted by molar-refractivity contribution is 5.77. The molecule has 3 aromatic rings. The number of fused-ring (bicyclic) bond motifs is 1. The van der Waals surface area contributed by atoms with Crippen molar-refractivity contribution >= 4 is 16.9 Å². The average molecular weight is 350 g/mol. The molecule has 1 atom stereocenters. The van der Waals surface area contributed by atoms with Crippen LogP contribution in [-0.2, 0) is 24.4 Å². The molecule has 0 bridgehead atoms. The van der Waals surface area contributed by atoms with Gasteiger partial charge in [0.05, 0.1) is 6.61 Å². The molecular formula is C20H22N4O2. The Morgan fingerprint density at radius 2 is 1.81 bits per heavy atom. The maximum absolute atomic E-state index is 12.6. The second kappa shape index (κ2) is 7.25. The molecular weight excluding hydrogens is 328 g/mol. The number of likely N-dealkylation sites (tertiary alicyclic amines) is 1. The molecule has 1 saturated heterocycles. The second-order valence-corrected chi connectivity index (χ2v) is 6.90. The number of hydrogen-bond donors (Lipinski definition) is 1. The predicted octanol–water partition coefficient (Wildman–Crippen LogP) is 2.01. The lowest BCUT2D eigenvalue weighted by Gasteiger charge is -2.16. The molecule has 4 rings (SSSR count). The van der Waals surface area contributed by atoms with Crippen molar-refractivity contribution in [1.29, 1.82) is 0 Å². The molecule has 2 heterocycles. The highest BCUT2D eigenvalue weighted by Gasteiger charge is 2.26. The van der Waals surface area contributed by atoms with Gasteiger partial charge in [0.15, 0.2) is 0 Å². The van der Waals surface area contributed by atoms with E-state index in [1.807, 2.05) is 47.4 Å². The fourth-order valence-corrected chi connectivity index (χ4v) is 3.61. The Balaban J connectivity index is 1.36. The molecule has 2 aromatic carbocycles. The van der Waals surface area contributed by atoms with Crippen LogP contribution in [0.1, 0.15) is 17.5 Å². The van der Waals surface area contributed by atoms with Gasteiger partial charge in [0, 0.05) is 13.1 Å². The standard InChI is InChI=1S/C20H22N4O2/c25-14-17-5-3-4-15(11-17)10-16-8-9-23(12-16)20(26)13-24-21-18-6-1-2-7-19(18)22-24/h1-7,11,16,25H,8-10,12-14H2/t16-/m0/s1. The Kier molecular flexibility index (Phi) is 4.67. The molecule has 0 unspecified atom stereocenters. The van der Waals surface area contributed by atoms with Crippen molar-refractivity contribution in [1.82, 2.24) is 19.9 Å². The molecule has 1 amide bonds. The van der Waals surface area contributed by atoms with Crippen LogP contribution in [0.4, 0.5) is 0 Å². The largest absolute Gasteiger partial charge is 0.392 e. The summed E-state index contributed by atoms with van der Waals surface area (Å²) in [6, 6.07) is 15.7. The summed E-state index contributed by atoms with van der Waals surface area (Å²) in [6.07, 6.45) is 1.94. The summed E-state index contributed by atoms with van der Waals surface area (Å²) in [5.74, 6) is 0.523. The highest BCUT2D eigenvalue weighted by Crippen LogP contribution is 2.22. The molecule has 6 heteroatoms. The lowest BCUT2D eigenvalue weighted by Crippen LogP contribution is -2.32. The molecule has 26 heavy (non-hydrogen) atoms. The number of aliphatic hydroxyl groups excluding tert-OH is 1. The van der Waals surface area contributed by atoms with Gasteiger partial charge in [-0.05, 0) is 42.0 Å². The van der Waals surface area contributed by atoms with Crippen LogP contribution in [0.3, 0.4) is 0 Å². The zero-order chi connectivity index (χ0) is 17.9. The zero-order valence-electron chi connectivity index (χ0n) is 14.6. The molecule has 1 aromatic heterocycles. The third-order valence-corrected chi connectivity index (χ3v) is 4.94. The van der Waals surface area contributed by atoms with Gasteiger partial charge in [0.25, 0.3) is 0 Å². The summed E-state index contributed by atoms with van der Waals surface area (Å²) in [4.78, 5) is 16.0. The van der Waals surface area contributed by atoms with Crippen molar-refractivity contribution in [2.75, 3.05) is 13.1 Å². The summed E-state index contributed by atoms with van der Waals surface area (Å²) < 4.78 is 0. The van der Waals surface area contributed by atoms with E-state index in [1.165, 1.54) is 10.4 Å². The van der Waals surface area contributed by atoms with Crippen LogP contribution < -0.4 is 0 Å². The van der Waals surface area contributed by atoms with Gasteiger partial charge in [-0.2, -0.15) is 15.0 Å². The van der Waals surface area contributed by atoms with Gasteiger partial charge in [0.1, 0.15) is 17.6 Å². The number of aliphatic hydroxyl groups is 1. The SMILES string of the molecule is O=C(Cn1nc2ccccc2n1)N1CC[C@@H](Cc2cccc(CO)c2)C1. The first-order valence-electron chi connectivity index (χ1n) is 8.97. The molecule has 6 nitrogen and oxygen atoms in total.